The Hall–Kier alpha value is -1.65. The molecule has 19 heavy (non-hydrogen) atoms. The topological polar surface area (TPSA) is 39.1 Å². The van der Waals surface area contributed by atoms with Crippen LogP contribution in [0.15, 0.2) is 36.8 Å². The van der Waals surface area contributed by atoms with Gasteiger partial charge < -0.3 is 14.6 Å². The fourth-order valence-electron chi connectivity index (χ4n) is 2.80. The molecule has 0 bridgehead atoms. The van der Waals surface area contributed by atoms with Gasteiger partial charge in [0.1, 0.15) is 0 Å². The zero-order chi connectivity index (χ0) is 13.2. The van der Waals surface area contributed by atoms with E-state index in [0.717, 1.165) is 18.8 Å². The minimum atomic E-state index is 0.206. The highest BCUT2D eigenvalue weighted by atomic mass is 16.5. The second kappa shape index (κ2) is 5.15. The van der Waals surface area contributed by atoms with Gasteiger partial charge >= 0.3 is 0 Å². The second-order valence-electron chi connectivity index (χ2n) is 5.00. The molecule has 0 aliphatic carbocycles. The summed E-state index contributed by atoms with van der Waals surface area (Å²) in [4.78, 5) is 4.33. The van der Waals surface area contributed by atoms with Crippen molar-refractivity contribution < 1.29 is 4.74 Å². The van der Waals surface area contributed by atoms with Crippen LogP contribution in [-0.4, -0.2) is 35.9 Å². The van der Waals surface area contributed by atoms with E-state index < -0.39 is 0 Å². The van der Waals surface area contributed by atoms with Crippen LogP contribution >= 0.6 is 0 Å². The first-order chi connectivity index (χ1) is 9.31. The van der Waals surface area contributed by atoms with Crippen molar-refractivity contribution in [2.75, 3.05) is 20.2 Å². The highest BCUT2D eigenvalue weighted by molar-refractivity contribution is 5.63. The molecule has 4 nitrogen and oxygen atoms in total. The van der Waals surface area contributed by atoms with Gasteiger partial charge in [-0.1, -0.05) is 24.3 Å². The molecule has 2 aromatic rings. The standard InChI is InChI=1S/C15H19N3O/c1-11-5-3-4-6-12(11)13-7-17-10-18(13)14-8-16-9-15(14)19-2/h3-7,10,14-16H,8-9H2,1-2H3/t14?,15-/m0/s1. The van der Waals surface area contributed by atoms with Gasteiger partial charge in [0.05, 0.1) is 30.4 Å². The van der Waals surface area contributed by atoms with E-state index in [-0.39, 0.29) is 6.10 Å². The first-order valence-corrected chi connectivity index (χ1v) is 6.62. The number of aromatic nitrogens is 2. The second-order valence-corrected chi connectivity index (χ2v) is 5.00. The van der Waals surface area contributed by atoms with Gasteiger partial charge in [0.2, 0.25) is 0 Å². The molecule has 4 heteroatoms. The number of hydrogen-bond donors (Lipinski definition) is 1. The number of rotatable bonds is 3. The summed E-state index contributed by atoms with van der Waals surface area (Å²) in [5.41, 5.74) is 3.67. The smallest absolute Gasteiger partial charge is 0.0954 e. The molecular formula is C15H19N3O. The van der Waals surface area contributed by atoms with E-state index in [1.807, 2.05) is 12.5 Å². The molecule has 1 unspecified atom stereocenters. The van der Waals surface area contributed by atoms with Gasteiger partial charge in [0, 0.05) is 25.8 Å². The highest BCUT2D eigenvalue weighted by Gasteiger charge is 2.29. The molecule has 1 aliphatic rings. The van der Waals surface area contributed by atoms with Gasteiger partial charge in [0.15, 0.2) is 0 Å². The lowest BCUT2D eigenvalue weighted by Gasteiger charge is -2.21. The Balaban J connectivity index is 2.01. The van der Waals surface area contributed by atoms with Crippen molar-refractivity contribution in [2.24, 2.45) is 0 Å². The van der Waals surface area contributed by atoms with Crippen molar-refractivity contribution in [1.29, 1.82) is 0 Å². The number of aryl methyl sites for hydroxylation is 1. The summed E-state index contributed by atoms with van der Waals surface area (Å²) in [6.07, 6.45) is 4.05. The average Bonchev–Trinajstić information content (AvgIpc) is 3.07. The van der Waals surface area contributed by atoms with Crippen LogP contribution in [0.2, 0.25) is 0 Å². The maximum atomic E-state index is 5.56. The Bertz CT molecular complexity index is 564. The van der Waals surface area contributed by atoms with E-state index in [4.69, 9.17) is 4.74 Å². The van der Waals surface area contributed by atoms with Gasteiger partial charge in [-0.2, -0.15) is 0 Å². The molecule has 1 fully saturated rings. The quantitative estimate of drug-likeness (QED) is 0.914. The monoisotopic (exact) mass is 257 g/mol. The Morgan fingerprint density at radius 3 is 2.95 bits per heavy atom. The number of imidazole rings is 1. The van der Waals surface area contributed by atoms with Crippen LogP contribution in [0, 0.1) is 6.92 Å². The number of methoxy groups -OCH3 is 1. The summed E-state index contributed by atoms with van der Waals surface area (Å²) in [6, 6.07) is 8.72. The van der Waals surface area contributed by atoms with Gasteiger partial charge in [0.25, 0.3) is 0 Å². The fraction of sp³-hybridized carbons (Fsp3) is 0.400. The van der Waals surface area contributed by atoms with E-state index in [1.54, 1.807) is 7.11 Å². The minimum absolute atomic E-state index is 0.206. The van der Waals surface area contributed by atoms with Crippen molar-refractivity contribution in [3.8, 4) is 11.3 Å². The minimum Gasteiger partial charge on any atom is -0.378 e. The molecule has 3 rings (SSSR count). The first-order valence-electron chi connectivity index (χ1n) is 6.62. The SMILES string of the molecule is CO[C@H]1CNCC1n1cncc1-c1ccccc1C. The Morgan fingerprint density at radius 2 is 2.16 bits per heavy atom. The van der Waals surface area contributed by atoms with Crippen molar-refractivity contribution in [3.05, 3.63) is 42.4 Å². The molecule has 1 N–H and O–H groups in total. The van der Waals surface area contributed by atoms with Crippen LogP contribution in [0.25, 0.3) is 11.3 Å². The Kier molecular flexibility index (Phi) is 3.36. The summed E-state index contributed by atoms with van der Waals surface area (Å²) in [6.45, 7) is 3.95. The Morgan fingerprint density at radius 1 is 1.32 bits per heavy atom. The molecule has 2 heterocycles. The molecule has 1 aromatic heterocycles. The lowest BCUT2D eigenvalue weighted by atomic mass is 10.1. The third-order valence-corrected chi connectivity index (χ3v) is 3.88. The summed E-state index contributed by atoms with van der Waals surface area (Å²) in [5, 5.41) is 3.38. The number of nitrogens with zero attached hydrogens (tertiary/aromatic N) is 2. The van der Waals surface area contributed by atoms with E-state index >= 15 is 0 Å². The van der Waals surface area contributed by atoms with Crippen LogP contribution in [0.4, 0.5) is 0 Å². The van der Waals surface area contributed by atoms with Crippen molar-refractivity contribution >= 4 is 0 Å². The molecule has 1 aliphatic heterocycles. The van der Waals surface area contributed by atoms with E-state index in [0.29, 0.717) is 6.04 Å². The zero-order valence-corrected chi connectivity index (χ0v) is 11.3. The largest absolute Gasteiger partial charge is 0.378 e. The van der Waals surface area contributed by atoms with Crippen LogP contribution < -0.4 is 5.32 Å². The fourth-order valence-corrected chi connectivity index (χ4v) is 2.80. The molecular weight excluding hydrogens is 238 g/mol. The van der Waals surface area contributed by atoms with Crippen molar-refractivity contribution in [2.45, 2.75) is 19.1 Å². The van der Waals surface area contributed by atoms with Crippen molar-refractivity contribution in [1.82, 2.24) is 14.9 Å². The lowest BCUT2D eigenvalue weighted by molar-refractivity contribution is 0.0870. The predicted octanol–water partition coefficient (Wildman–Crippen LogP) is 2.02. The normalized spacial score (nSPS) is 22.8. The Labute approximate surface area is 113 Å². The number of benzene rings is 1. The van der Waals surface area contributed by atoms with Gasteiger partial charge in [-0.3, -0.25) is 0 Å². The average molecular weight is 257 g/mol. The van der Waals surface area contributed by atoms with Crippen LogP contribution in [0.5, 0.6) is 0 Å². The first kappa shape index (κ1) is 12.4. The number of hydrogen-bond acceptors (Lipinski definition) is 3. The number of nitrogens with one attached hydrogen (secondary N) is 1. The van der Waals surface area contributed by atoms with E-state index in [1.165, 1.54) is 11.1 Å². The van der Waals surface area contributed by atoms with Crippen molar-refractivity contribution in [3.63, 3.8) is 0 Å². The third kappa shape index (κ3) is 2.17. The van der Waals surface area contributed by atoms with Crippen LogP contribution in [0.3, 0.4) is 0 Å². The molecule has 2 atom stereocenters. The van der Waals surface area contributed by atoms with Gasteiger partial charge in [-0.25, -0.2) is 4.98 Å². The molecule has 0 radical (unpaired) electrons. The van der Waals surface area contributed by atoms with E-state index in [9.17, 15) is 0 Å². The van der Waals surface area contributed by atoms with E-state index in [2.05, 4.69) is 46.1 Å². The summed E-state index contributed by atoms with van der Waals surface area (Å²) >= 11 is 0. The molecule has 1 aromatic carbocycles. The highest BCUT2D eigenvalue weighted by Crippen LogP contribution is 2.28. The molecule has 0 spiro atoms. The predicted molar refractivity (Wildman–Crippen MR) is 75.1 cm³/mol. The summed E-state index contributed by atoms with van der Waals surface area (Å²) < 4.78 is 7.79. The summed E-state index contributed by atoms with van der Waals surface area (Å²) in [7, 11) is 1.77. The zero-order valence-electron chi connectivity index (χ0n) is 11.3. The summed E-state index contributed by atoms with van der Waals surface area (Å²) in [5.74, 6) is 0. The maximum Gasteiger partial charge on any atom is 0.0954 e. The third-order valence-electron chi connectivity index (χ3n) is 3.88. The van der Waals surface area contributed by atoms with Crippen LogP contribution in [0.1, 0.15) is 11.6 Å². The molecule has 0 amide bonds. The molecule has 1 saturated heterocycles. The number of ether oxygens (including phenoxy) is 1. The lowest BCUT2D eigenvalue weighted by Crippen LogP contribution is -2.24. The molecule has 100 valence electrons. The van der Waals surface area contributed by atoms with Gasteiger partial charge in [-0.05, 0) is 12.5 Å². The van der Waals surface area contributed by atoms with Crippen LogP contribution in [-0.2, 0) is 4.74 Å². The maximum absolute atomic E-state index is 5.56. The molecule has 0 saturated carbocycles. The van der Waals surface area contributed by atoms with Gasteiger partial charge in [-0.15, -0.1) is 0 Å².